The third-order valence-electron chi connectivity index (χ3n) is 1.68. The summed E-state index contributed by atoms with van der Waals surface area (Å²) in [5, 5.41) is 8.56. The minimum atomic E-state index is -4.77. The van der Waals surface area contributed by atoms with Gasteiger partial charge in [0.2, 0.25) is 0 Å². The number of thioether (sulfide) groups is 1. The van der Waals surface area contributed by atoms with Crippen molar-refractivity contribution in [3.63, 3.8) is 0 Å². The highest BCUT2D eigenvalue weighted by Crippen LogP contribution is 2.27. The maximum absolute atomic E-state index is 12.1. The first-order chi connectivity index (χ1) is 6.37. The quantitative estimate of drug-likeness (QED) is 0.759. The molecular formula is C5H7F2NO4S2. The number of hydrogen-bond donors (Lipinski definition) is 1. The molecule has 1 fully saturated rings. The molecule has 0 spiro atoms. The van der Waals surface area contributed by atoms with Crippen molar-refractivity contribution in [2.45, 2.75) is 11.8 Å². The predicted octanol–water partition coefficient (Wildman–Crippen LogP) is -0.00170. The number of sulfonamides is 1. The molecule has 0 aliphatic carbocycles. The van der Waals surface area contributed by atoms with Crippen LogP contribution < -0.4 is 0 Å². The van der Waals surface area contributed by atoms with Crippen molar-refractivity contribution < 1.29 is 27.1 Å². The van der Waals surface area contributed by atoms with E-state index in [1.54, 1.807) is 0 Å². The van der Waals surface area contributed by atoms with E-state index in [2.05, 4.69) is 0 Å². The number of nitrogens with zero attached hydrogens (tertiary/aromatic N) is 1. The first-order valence-corrected chi connectivity index (χ1v) is 6.12. The van der Waals surface area contributed by atoms with Gasteiger partial charge in [-0.05, 0) is 0 Å². The predicted molar refractivity (Wildman–Crippen MR) is 45.5 cm³/mol. The number of carbonyl (C=O) groups is 1. The number of halogens is 2. The second-order valence-corrected chi connectivity index (χ2v) is 5.40. The Balaban J connectivity index is 2.93. The fraction of sp³-hybridized carbons (Fsp3) is 0.800. The molecule has 0 saturated carbocycles. The summed E-state index contributed by atoms with van der Waals surface area (Å²) < 4.78 is 46.4. The van der Waals surface area contributed by atoms with Crippen molar-refractivity contribution in [3.8, 4) is 0 Å². The number of alkyl halides is 2. The maximum atomic E-state index is 12.1. The average molecular weight is 247 g/mol. The minimum absolute atomic E-state index is 0.00127. The van der Waals surface area contributed by atoms with Gasteiger partial charge < -0.3 is 5.11 Å². The fourth-order valence-electron chi connectivity index (χ4n) is 0.975. The van der Waals surface area contributed by atoms with Crippen molar-refractivity contribution in [1.82, 2.24) is 4.31 Å². The van der Waals surface area contributed by atoms with E-state index in [0.717, 1.165) is 11.8 Å². The average Bonchev–Trinajstić information content (AvgIpc) is 2.51. The largest absolute Gasteiger partial charge is 0.480 e. The van der Waals surface area contributed by atoms with Crippen molar-refractivity contribution in [3.05, 3.63) is 0 Å². The van der Waals surface area contributed by atoms with Gasteiger partial charge in [-0.2, -0.15) is 13.1 Å². The lowest BCUT2D eigenvalue weighted by atomic mass is 10.4. The number of hydrogen-bond acceptors (Lipinski definition) is 4. The van der Waals surface area contributed by atoms with Crippen LogP contribution in [0, 0.1) is 0 Å². The number of carboxylic acid groups (broad SMARTS) is 1. The highest BCUT2D eigenvalue weighted by atomic mass is 32.2. The van der Waals surface area contributed by atoms with Gasteiger partial charge in [0.05, 0.1) is 5.88 Å². The Kier molecular flexibility index (Phi) is 3.32. The van der Waals surface area contributed by atoms with Crippen LogP contribution >= 0.6 is 11.8 Å². The van der Waals surface area contributed by atoms with E-state index in [4.69, 9.17) is 5.11 Å². The van der Waals surface area contributed by atoms with Crippen LogP contribution in [-0.4, -0.2) is 47.2 Å². The van der Waals surface area contributed by atoms with E-state index >= 15 is 0 Å². The molecular weight excluding hydrogens is 240 g/mol. The van der Waals surface area contributed by atoms with Gasteiger partial charge in [-0.25, -0.2) is 8.42 Å². The highest BCUT2D eigenvalue weighted by molar-refractivity contribution is 8.00. The summed E-state index contributed by atoms with van der Waals surface area (Å²) in [4.78, 5) is 10.5. The summed E-state index contributed by atoms with van der Waals surface area (Å²) in [6.45, 7) is 0. The zero-order chi connectivity index (χ0) is 10.9. The molecule has 5 nitrogen and oxygen atoms in total. The molecule has 1 saturated heterocycles. The molecule has 0 unspecified atom stereocenters. The van der Waals surface area contributed by atoms with Crippen LogP contribution in [0.5, 0.6) is 0 Å². The summed E-state index contributed by atoms with van der Waals surface area (Å²) in [7, 11) is -4.77. The van der Waals surface area contributed by atoms with Crippen LogP contribution in [0.4, 0.5) is 8.78 Å². The molecule has 1 atom stereocenters. The van der Waals surface area contributed by atoms with Crippen molar-refractivity contribution >= 4 is 27.8 Å². The van der Waals surface area contributed by atoms with Gasteiger partial charge in [0.25, 0.3) is 10.0 Å². The number of carboxylic acids is 1. The Morgan fingerprint density at radius 2 is 2.14 bits per heavy atom. The molecule has 1 heterocycles. The summed E-state index contributed by atoms with van der Waals surface area (Å²) in [5.41, 5.74) is 0. The van der Waals surface area contributed by atoms with E-state index in [-0.39, 0.29) is 11.6 Å². The Morgan fingerprint density at radius 3 is 2.57 bits per heavy atom. The molecule has 0 bridgehead atoms. The monoisotopic (exact) mass is 247 g/mol. The fourth-order valence-corrected chi connectivity index (χ4v) is 3.62. The Hall–Kier alpha value is -0.410. The molecule has 1 aliphatic heterocycles. The van der Waals surface area contributed by atoms with Gasteiger partial charge in [0.1, 0.15) is 6.04 Å². The second kappa shape index (κ2) is 3.99. The molecule has 1 N–H and O–H groups in total. The van der Waals surface area contributed by atoms with E-state index in [9.17, 15) is 22.0 Å². The minimum Gasteiger partial charge on any atom is -0.480 e. The normalized spacial score (nSPS) is 24.4. The van der Waals surface area contributed by atoms with E-state index in [0.29, 0.717) is 4.31 Å². The summed E-state index contributed by atoms with van der Waals surface area (Å²) in [6.07, 6.45) is 0. The van der Waals surface area contributed by atoms with Crippen LogP contribution in [0.2, 0.25) is 0 Å². The Bertz CT molecular complexity index is 331. The summed E-state index contributed by atoms with van der Waals surface area (Å²) >= 11 is 0.995. The van der Waals surface area contributed by atoms with Gasteiger partial charge in [0.15, 0.2) is 0 Å². The Labute approximate surface area is 83.1 Å². The van der Waals surface area contributed by atoms with Crippen LogP contribution in [0.1, 0.15) is 0 Å². The van der Waals surface area contributed by atoms with Crippen molar-refractivity contribution in [2.75, 3.05) is 11.6 Å². The molecule has 1 aliphatic rings. The third kappa shape index (κ3) is 1.98. The van der Waals surface area contributed by atoms with Gasteiger partial charge in [-0.15, -0.1) is 11.8 Å². The molecule has 14 heavy (non-hydrogen) atoms. The zero-order valence-electron chi connectivity index (χ0n) is 6.76. The zero-order valence-corrected chi connectivity index (χ0v) is 8.39. The van der Waals surface area contributed by atoms with Gasteiger partial charge >= 0.3 is 11.7 Å². The number of aliphatic carboxylic acids is 1. The summed E-state index contributed by atoms with van der Waals surface area (Å²) in [6, 6.07) is -1.38. The maximum Gasteiger partial charge on any atom is 0.350 e. The van der Waals surface area contributed by atoms with Crippen molar-refractivity contribution in [2.24, 2.45) is 0 Å². The van der Waals surface area contributed by atoms with Crippen LogP contribution in [0.15, 0.2) is 0 Å². The van der Waals surface area contributed by atoms with E-state index in [1.165, 1.54) is 0 Å². The first-order valence-electron chi connectivity index (χ1n) is 3.46. The molecule has 9 heteroatoms. The molecule has 82 valence electrons. The lowest BCUT2D eigenvalue weighted by Gasteiger charge is -2.18. The third-order valence-corrected chi connectivity index (χ3v) is 4.34. The standard InChI is InChI=1S/C5H7F2NO4S2/c6-5(7)14(11,12)8-2-13-1-3(8)4(9)10/h3,5H,1-2H2,(H,9,10)/t3-/m0/s1. The number of rotatable bonds is 3. The Morgan fingerprint density at radius 1 is 1.57 bits per heavy atom. The molecule has 0 radical (unpaired) electrons. The topological polar surface area (TPSA) is 74.7 Å². The van der Waals surface area contributed by atoms with E-state index in [1.807, 2.05) is 0 Å². The smallest absolute Gasteiger partial charge is 0.350 e. The van der Waals surface area contributed by atoms with E-state index < -0.39 is 27.8 Å². The van der Waals surface area contributed by atoms with Crippen LogP contribution in [0.3, 0.4) is 0 Å². The van der Waals surface area contributed by atoms with Gasteiger partial charge in [-0.3, -0.25) is 4.79 Å². The molecule has 0 amide bonds. The highest BCUT2D eigenvalue weighted by Gasteiger charge is 2.43. The van der Waals surface area contributed by atoms with Gasteiger partial charge in [0, 0.05) is 5.75 Å². The van der Waals surface area contributed by atoms with Crippen LogP contribution in [0.25, 0.3) is 0 Å². The molecule has 0 aromatic carbocycles. The SMILES string of the molecule is O=C(O)[C@@H]1CSCN1S(=O)(=O)C(F)F. The van der Waals surface area contributed by atoms with Crippen LogP contribution in [-0.2, 0) is 14.8 Å². The molecule has 0 aromatic rings. The molecule has 0 aromatic heterocycles. The lowest BCUT2D eigenvalue weighted by molar-refractivity contribution is -0.140. The lowest BCUT2D eigenvalue weighted by Crippen LogP contribution is -2.44. The second-order valence-electron chi connectivity index (χ2n) is 2.55. The summed E-state index contributed by atoms with van der Waals surface area (Å²) in [5.74, 6) is -5.20. The van der Waals surface area contributed by atoms with Gasteiger partial charge in [-0.1, -0.05) is 0 Å². The van der Waals surface area contributed by atoms with Crippen molar-refractivity contribution in [1.29, 1.82) is 0 Å². The molecule has 1 rings (SSSR count). The first kappa shape index (κ1) is 11.7.